The zero-order chi connectivity index (χ0) is 27.4. The van der Waals surface area contributed by atoms with E-state index in [1.165, 1.54) is 16.2 Å². The third-order valence-electron chi connectivity index (χ3n) is 5.90. The first kappa shape index (κ1) is 27.1. The Bertz CT molecular complexity index is 1320. The normalized spacial score (nSPS) is 16.9. The van der Waals surface area contributed by atoms with Gasteiger partial charge in [0.15, 0.2) is 0 Å². The van der Waals surface area contributed by atoms with Crippen LogP contribution >= 0.6 is 11.3 Å². The second kappa shape index (κ2) is 11.6. The smallest absolute Gasteiger partial charge is 0.310 e. The molecule has 0 saturated carbocycles. The Balaban J connectivity index is 1.67. The lowest BCUT2D eigenvalue weighted by Crippen LogP contribution is -2.29. The van der Waals surface area contributed by atoms with Gasteiger partial charge in [-0.1, -0.05) is 32.0 Å². The number of anilines is 1. The summed E-state index contributed by atoms with van der Waals surface area (Å²) in [5, 5.41) is 13.1. The van der Waals surface area contributed by atoms with Gasteiger partial charge < -0.3 is 14.6 Å². The third-order valence-corrected chi connectivity index (χ3v) is 6.82. The zero-order valence-corrected chi connectivity index (χ0v) is 22.7. The Morgan fingerprint density at radius 2 is 1.68 bits per heavy atom. The number of ketones is 1. The molecule has 7 nitrogen and oxygen atoms in total. The Morgan fingerprint density at radius 3 is 2.26 bits per heavy atom. The van der Waals surface area contributed by atoms with Crippen molar-refractivity contribution in [2.45, 2.75) is 46.3 Å². The first-order valence-electron chi connectivity index (χ1n) is 12.5. The van der Waals surface area contributed by atoms with Crippen LogP contribution in [0, 0.1) is 5.92 Å². The van der Waals surface area contributed by atoms with E-state index in [-0.39, 0.29) is 29.8 Å². The molecule has 2 aromatic carbocycles. The van der Waals surface area contributed by atoms with E-state index in [4.69, 9.17) is 9.47 Å². The molecule has 1 N–H and O–H groups in total. The molecule has 1 unspecified atom stereocenters. The average Bonchev–Trinajstić information content (AvgIpc) is 3.49. The van der Waals surface area contributed by atoms with Crippen LogP contribution in [-0.4, -0.2) is 35.5 Å². The molecular formula is C30H31NO6S. The third kappa shape index (κ3) is 5.97. The van der Waals surface area contributed by atoms with Gasteiger partial charge in [-0.2, -0.15) is 0 Å². The lowest BCUT2D eigenvalue weighted by atomic mass is 9.99. The number of nitrogens with zero attached hydrogens (tertiary/aromatic N) is 1. The summed E-state index contributed by atoms with van der Waals surface area (Å²) >= 11 is 1.40. The summed E-state index contributed by atoms with van der Waals surface area (Å²) in [6, 6.07) is 16.6. The number of hydrogen-bond acceptors (Lipinski definition) is 7. The highest BCUT2D eigenvalue weighted by molar-refractivity contribution is 7.10. The number of ether oxygens (including phenoxy) is 2. The largest absolute Gasteiger partial charge is 0.507 e. The van der Waals surface area contributed by atoms with Crippen LogP contribution in [0.1, 0.15) is 49.7 Å². The molecule has 1 aliphatic rings. The molecular weight excluding hydrogens is 502 g/mol. The average molecular weight is 534 g/mol. The summed E-state index contributed by atoms with van der Waals surface area (Å²) in [7, 11) is 0. The Labute approximate surface area is 226 Å². The quantitative estimate of drug-likeness (QED) is 0.159. The summed E-state index contributed by atoms with van der Waals surface area (Å²) in [5.41, 5.74) is 1.66. The van der Waals surface area contributed by atoms with E-state index in [0.717, 1.165) is 10.4 Å². The highest BCUT2D eigenvalue weighted by Crippen LogP contribution is 2.43. The van der Waals surface area contributed by atoms with Crippen LogP contribution in [0.15, 0.2) is 71.6 Å². The Morgan fingerprint density at radius 1 is 1.00 bits per heavy atom. The van der Waals surface area contributed by atoms with E-state index in [1.807, 2.05) is 17.5 Å². The fourth-order valence-electron chi connectivity index (χ4n) is 4.19. The highest BCUT2D eigenvalue weighted by atomic mass is 32.1. The molecule has 8 heteroatoms. The van der Waals surface area contributed by atoms with Gasteiger partial charge in [0.05, 0.1) is 24.7 Å². The van der Waals surface area contributed by atoms with Crippen LogP contribution < -0.4 is 9.64 Å². The van der Waals surface area contributed by atoms with Gasteiger partial charge in [-0.25, -0.2) is 0 Å². The van der Waals surface area contributed by atoms with Crippen molar-refractivity contribution in [3.63, 3.8) is 0 Å². The van der Waals surface area contributed by atoms with Gasteiger partial charge >= 0.3 is 5.97 Å². The molecule has 38 heavy (non-hydrogen) atoms. The van der Waals surface area contributed by atoms with E-state index in [9.17, 15) is 19.5 Å². The topological polar surface area (TPSA) is 93.1 Å². The summed E-state index contributed by atoms with van der Waals surface area (Å²) < 4.78 is 10.9. The number of rotatable bonds is 9. The van der Waals surface area contributed by atoms with Crippen molar-refractivity contribution in [2.24, 2.45) is 5.92 Å². The van der Waals surface area contributed by atoms with Gasteiger partial charge in [0.1, 0.15) is 17.6 Å². The summed E-state index contributed by atoms with van der Waals surface area (Å²) in [6.07, 6.45) is -0.106. The van der Waals surface area contributed by atoms with E-state index >= 15 is 0 Å². The number of Topliss-reactive ketones (excluding diaryl/α,β-unsaturated/α-hetero) is 1. The number of aliphatic hydroxyl groups is 1. The minimum Gasteiger partial charge on any atom is -0.507 e. The van der Waals surface area contributed by atoms with Crippen molar-refractivity contribution in [1.82, 2.24) is 0 Å². The SMILES string of the molecule is CC(C)COc1ccc(/C(O)=C2/C(=O)C(=O)N(c3ccc(CC(=O)OC(C)C)cc3)C2c2cccs2)cc1. The van der Waals surface area contributed by atoms with Gasteiger partial charge in [0, 0.05) is 16.1 Å². The number of hydrogen-bond donors (Lipinski definition) is 1. The fourth-order valence-corrected chi connectivity index (χ4v) is 5.01. The van der Waals surface area contributed by atoms with Gasteiger partial charge in [0.2, 0.25) is 0 Å². The van der Waals surface area contributed by atoms with E-state index in [0.29, 0.717) is 29.5 Å². The highest BCUT2D eigenvalue weighted by Gasteiger charge is 2.47. The van der Waals surface area contributed by atoms with Crippen molar-refractivity contribution in [2.75, 3.05) is 11.5 Å². The lowest BCUT2D eigenvalue weighted by molar-refractivity contribution is -0.146. The lowest BCUT2D eigenvalue weighted by Gasteiger charge is -2.24. The second-order valence-electron chi connectivity index (χ2n) is 9.80. The molecule has 0 spiro atoms. The molecule has 1 atom stereocenters. The first-order valence-corrected chi connectivity index (χ1v) is 13.4. The maximum absolute atomic E-state index is 13.3. The molecule has 2 heterocycles. The van der Waals surface area contributed by atoms with E-state index < -0.39 is 17.7 Å². The van der Waals surface area contributed by atoms with Crippen LogP contribution in [0.25, 0.3) is 5.76 Å². The Hall–Kier alpha value is -3.91. The van der Waals surface area contributed by atoms with Gasteiger partial charge in [0.25, 0.3) is 11.7 Å². The van der Waals surface area contributed by atoms with Gasteiger partial charge in [-0.3, -0.25) is 19.3 Å². The molecule has 1 fully saturated rings. The van der Waals surface area contributed by atoms with Crippen LogP contribution in [0.5, 0.6) is 5.75 Å². The van der Waals surface area contributed by atoms with Crippen molar-refractivity contribution in [1.29, 1.82) is 0 Å². The Kier molecular flexibility index (Phi) is 8.32. The maximum Gasteiger partial charge on any atom is 0.310 e. The molecule has 4 rings (SSSR count). The minimum absolute atomic E-state index is 0.0258. The number of carbonyl (C=O) groups is 3. The molecule has 0 radical (unpaired) electrons. The summed E-state index contributed by atoms with van der Waals surface area (Å²) in [6.45, 7) is 8.25. The second-order valence-corrected chi connectivity index (χ2v) is 10.8. The van der Waals surface area contributed by atoms with E-state index in [2.05, 4.69) is 13.8 Å². The molecule has 1 aliphatic heterocycles. The molecule has 0 aliphatic carbocycles. The number of aliphatic hydroxyl groups excluding tert-OH is 1. The van der Waals surface area contributed by atoms with Gasteiger partial charge in [-0.05, 0) is 73.2 Å². The van der Waals surface area contributed by atoms with Gasteiger partial charge in [-0.15, -0.1) is 11.3 Å². The van der Waals surface area contributed by atoms with Crippen molar-refractivity contribution in [3.05, 3.63) is 87.6 Å². The molecule has 1 aromatic heterocycles. The first-order chi connectivity index (χ1) is 18.2. The predicted octanol–water partition coefficient (Wildman–Crippen LogP) is 5.90. The molecule has 198 valence electrons. The van der Waals surface area contributed by atoms with Crippen molar-refractivity contribution in [3.8, 4) is 5.75 Å². The number of thiophene rings is 1. The molecule has 1 saturated heterocycles. The molecule has 0 bridgehead atoms. The maximum atomic E-state index is 13.3. The molecule has 1 amide bonds. The van der Waals surface area contributed by atoms with E-state index in [1.54, 1.807) is 62.4 Å². The monoisotopic (exact) mass is 533 g/mol. The van der Waals surface area contributed by atoms with Crippen LogP contribution in [-0.2, 0) is 25.5 Å². The summed E-state index contributed by atoms with van der Waals surface area (Å²) in [4.78, 5) is 40.7. The van der Waals surface area contributed by atoms with Crippen LogP contribution in [0.4, 0.5) is 5.69 Å². The number of benzene rings is 2. The fraction of sp³-hybridized carbons (Fsp3) is 0.300. The van der Waals surface area contributed by atoms with Crippen LogP contribution in [0.2, 0.25) is 0 Å². The number of amides is 1. The predicted molar refractivity (Wildman–Crippen MR) is 147 cm³/mol. The zero-order valence-electron chi connectivity index (χ0n) is 21.8. The molecule has 3 aromatic rings. The van der Waals surface area contributed by atoms with Crippen LogP contribution in [0.3, 0.4) is 0 Å². The van der Waals surface area contributed by atoms with Crippen molar-refractivity contribution < 1.29 is 29.0 Å². The van der Waals surface area contributed by atoms with Crippen molar-refractivity contribution >= 4 is 40.4 Å². The number of esters is 1. The number of carbonyl (C=O) groups excluding carboxylic acids is 3. The standard InChI is InChI=1S/C30H31NO6S/c1-18(2)17-36-23-13-9-21(10-14-23)28(33)26-27(24-6-5-15-38-24)31(30(35)29(26)34)22-11-7-20(8-12-22)16-25(32)37-19(3)4/h5-15,18-19,27,33H,16-17H2,1-4H3/b28-26-. The minimum atomic E-state index is -0.788. The summed E-state index contributed by atoms with van der Waals surface area (Å²) in [5.74, 6) is -1.05.